The van der Waals surface area contributed by atoms with E-state index in [2.05, 4.69) is 4.74 Å². The van der Waals surface area contributed by atoms with Gasteiger partial charge in [-0.1, -0.05) is 0 Å². The molecule has 0 aliphatic rings. The molecule has 0 saturated heterocycles. The van der Waals surface area contributed by atoms with Gasteiger partial charge in [0.1, 0.15) is 0 Å². The highest BCUT2D eigenvalue weighted by molar-refractivity contribution is 4.53. The second kappa shape index (κ2) is 2.09. The molecular weight excluding hydrogens is 147 g/mol. The van der Waals surface area contributed by atoms with E-state index in [-0.39, 0.29) is 0 Å². The minimum absolute atomic E-state index is 1.78. The molecule has 0 aliphatic heterocycles. The maximum atomic E-state index is 11.2. The summed E-state index contributed by atoms with van der Waals surface area (Å²) < 4.78 is 56.9. The molecule has 0 aromatic heterocycles. The van der Waals surface area contributed by atoms with Crippen LogP contribution in [0, 0.1) is 6.92 Å². The molecule has 1 nitrogen and oxygen atoms in total. The van der Waals surface area contributed by atoms with Crippen molar-refractivity contribution < 1.29 is 26.7 Å². The van der Waals surface area contributed by atoms with Gasteiger partial charge in [0.25, 0.3) is 0 Å². The van der Waals surface area contributed by atoms with E-state index in [1.807, 2.05) is 0 Å². The number of ether oxygens (including phenoxy) is 1. The van der Waals surface area contributed by atoms with Crippen molar-refractivity contribution in [3.05, 3.63) is 6.92 Å². The van der Waals surface area contributed by atoms with Crippen molar-refractivity contribution in [1.82, 2.24) is 0 Å². The van der Waals surface area contributed by atoms with Crippen LogP contribution in [0.3, 0.4) is 0 Å². The van der Waals surface area contributed by atoms with Crippen LogP contribution in [0.5, 0.6) is 0 Å². The van der Waals surface area contributed by atoms with E-state index in [0.29, 0.717) is 0 Å². The number of hydrogen-bond donors (Lipinski definition) is 0. The van der Waals surface area contributed by atoms with Crippen LogP contribution in [0.1, 0.15) is 0 Å². The fourth-order valence-corrected chi connectivity index (χ4v) is 0.169. The molecule has 0 unspecified atom stereocenters. The Morgan fingerprint density at radius 2 is 1.33 bits per heavy atom. The Kier molecular flexibility index (Phi) is 2.00. The Hall–Kier alpha value is -0.390. The van der Waals surface area contributed by atoms with Crippen LogP contribution in [0.25, 0.3) is 0 Å². The summed E-state index contributed by atoms with van der Waals surface area (Å²) in [4.78, 5) is 0. The quantitative estimate of drug-likeness (QED) is 0.517. The Balaban J connectivity index is 3.75. The highest BCUT2D eigenvalue weighted by Gasteiger charge is 2.41. The molecule has 0 rings (SSSR count). The minimum atomic E-state index is -5.33. The zero-order valence-corrected chi connectivity index (χ0v) is 4.01. The first kappa shape index (κ1) is 8.61. The first-order chi connectivity index (χ1) is 3.71. The van der Waals surface area contributed by atoms with Crippen LogP contribution in [0.4, 0.5) is 22.0 Å². The van der Waals surface area contributed by atoms with Gasteiger partial charge in [-0.3, -0.25) is 0 Å². The van der Waals surface area contributed by atoms with E-state index in [9.17, 15) is 22.0 Å². The van der Waals surface area contributed by atoms with Crippen LogP contribution < -0.4 is 0 Å². The standard InChI is InChI=1S/C3H2F5O/c1-2(4,5)9-3(6,7)8/h1H2. The molecule has 1 radical (unpaired) electrons. The number of rotatable bonds is 1. The van der Waals surface area contributed by atoms with Crippen LogP contribution in [0.2, 0.25) is 0 Å². The van der Waals surface area contributed by atoms with Crippen molar-refractivity contribution in [3.63, 3.8) is 0 Å². The molecule has 0 saturated carbocycles. The SMILES string of the molecule is [CH2]C(F)(F)OC(F)(F)F. The monoisotopic (exact) mass is 149 g/mol. The van der Waals surface area contributed by atoms with E-state index in [1.54, 1.807) is 6.92 Å². The molecular formula is C3H2F5O. The molecule has 0 atom stereocenters. The lowest BCUT2D eigenvalue weighted by Crippen LogP contribution is -2.26. The second-order valence-electron chi connectivity index (χ2n) is 1.19. The Labute approximate surface area is 47.4 Å². The summed E-state index contributed by atoms with van der Waals surface area (Å²) >= 11 is 0. The summed E-state index contributed by atoms with van der Waals surface area (Å²) in [6.45, 7) is 1.78. The van der Waals surface area contributed by atoms with E-state index in [0.717, 1.165) is 0 Å². The third kappa shape index (κ3) is 7.61. The largest absolute Gasteiger partial charge is 0.527 e. The maximum Gasteiger partial charge on any atom is 0.527 e. The normalized spacial score (nSPS) is 14.0. The van der Waals surface area contributed by atoms with Crippen molar-refractivity contribution in [3.8, 4) is 0 Å². The zero-order valence-electron chi connectivity index (χ0n) is 4.01. The van der Waals surface area contributed by atoms with Gasteiger partial charge in [0, 0.05) is 6.92 Å². The number of alkyl halides is 5. The third-order valence-electron chi connectivity index (χ3n) is 0.265. The van der Waals surface area contributed by atoms with Crippen LogP contribution in [0.15, 0.2) is 0 Å². The average molecular weight is 149 g/mol. The molecule has 6 heteroatoms. The summed E-state index contributed by atoms with van der Waals surface area (Å²) in [7, 11) is 0. The van der Waals surface area contributed by atoms with E-state index in [4.69, 9.17) is 0 Å². The highest BCUT2D eigenvalue weighted by atomic mass is 19.4. The van der Waals surface area contributed by atoms with Crippen molar-refractivity contribution in [1.29, 1.82) is 0 Å². The van der Waals surface area contributed by atoms with Crippen molar-refractivity contribution in [2.24, 2.45) is 0 Å². The fraction of sp³-hybridized carbons (Fsp3) is 0.667. The topological polar surface area (TPSA) is 9.23 Å². The molecule has 0 spiro atoms. The van der Waals surface area contributed by atoms with E-state index in [1.165, 1.54) is 0 Å². The number of halogens is 5. The second-order valence-corrected chi connectivity index (χ2v) is 1.19. The summed E-state index contributed by atoms with van der Waals surface area (Å²) in [6.07, 6.45) is -9.72. The third-order valence-corrected chi connectivity index (χ3v) is 0.265. The van der Waals surface area contributed by atoms with Gasteiger partial charge in [-0.25, -0.2) is 4.74 Å². The van der Waals surface area contributed by atoms with Crippen molar-refractivity contribution >= 4 is 0 Å². The van der Waals surface area contributed by atoms with Gasteiger partial charge in [-0.05, 0) is 0 Å². The van der Waals surface area contributed by atoms with Gasteiger partial charge in [0.05, 0.1) is 0 Å². The summed E-state index contributed by atoms with van der Waals surface area (Å²) in [5.74, 6) is 0. The van der Waals surface area contributed by atoms with Crippen LogP contribution >= 0.6 is 0 Å². The van der Waals surface area contributed by atoms with Gasteiger partial charge < -0.3 is 0 Å². The maximum absolute atomic E-state index is 11.2. The summed E-state index contributed by atoms with van der Waals surface area (Å²) in [5.41, 5.74) is 0. The van der Waals surface area contributed by atoms with Crippen molar-refractivity contribution in [2.45, 2.75) is 12.5 Å². The predicted octanol–water partition coefficient (Wildman–Crippen LogP) is 1.95. The molecule has 0 N–H and O–H groups in total. The Bertz CT molecular complexity index is 77.4. The van der Waals surface area contributed by atoms with Gasteiger partial charge in [-0.15, -0.1) is 13.2 Å². The Morgan fingerprint density at radius 3 is 1.33 bits per heavy atom. The van der Waals surface area contributed by atoms with Gasteiger partial charge in [0.15, 0.2) is 0 Å². The average Bonchev–Trinajstić information content (AvgIpc) is 1.14. The molecule has 0 aromatic rings. The summed E-state index contributed by atoms with van der Waals surface area (Å²) in [5, 5.41) is 0. The first-order valence-corrected chi connectivity index (χ1v) is 1.71. The molecule has 55 valence electrons. The molecule has 0 aliphatic carbocycles. The lowest BCUT2D eigenvalue weighted by atomic mass is 10.7. The Morgan fingerprint density at radius 1 is 1.00 bits per heavy atom. The first-order valence-electron chi connectivity index (χ1n) is 1.71. The number of hydrogen-bond acceptors (Lipinski definition) is 1. The highest BCUT2D eigenvalue weighted by Crippen LogP contribution is 2.26. The molecule has 0 heterocycles. The molecule has 9 heavy (non-hydrogen) atoms. The predicted molar refractivity (Wildman–Crippen MR) is 17.4 cm³/mol. The fourth-order valence-electron chi connectivity index (χ4n) is 0.169. The van der Waals surface area contributed by atoms with Crippen molar-refractivity contribution in [2.75, 3.05) is 0 Å². The lowest BCUT2D eigenvalue weighted by Gasteiger charge is -2.12. The van der Waals surface area contributed by atoms with Gasteiger partial charge >= 0.3 is 12.5 Å². The smallest absolute Gasteiger partial charge is 0.226 e. The molecule has 0 aromatic carbocycles. The minimum Gasteiger partial charge on any atom is -0.226 e. The van der Waals surface area contributed by atoms with Crippen LogP contribution in [-0.4, -0.2) is 12.5 Å². The summed E-state index contributed by atoms with van der Waals surface area (Å²) in [6, 6.07) is 0. The zero-order chi connectivity index (χ0) is 7.71. The molecule has 0 amide bonds. The van der Waals surface area contributed by atoms with E-state index >= 15 is 0 Å². The molecule has 0 bridgehead atoms. The van der Waals surface area contributed by atoms with Crippen LogP contribution in [-0.2, 0) is 4.74 Å². The van der Waals surface area contributed by atoms with Gasteiger partial charge in [0.2, 0.25) is 0 Å². The van der Waals surface area contributed by atoms with Gasteiger partial charge in [-0.2, -0.15) is 8.78 Å². The molecule has 0 fully saturated rings. The lowest BCUT2D eigenvalue weighted by molar-refractivity contribution is -0.410. The van der Waals surface area contributed by atoms with E-state index < -0.39 is 12.5 Å².